The van der Waals surface area contributed by atoms with Crippen molar-refractivity contribution in [2.24, 2.45) is 5.92 Å². The molecule has 0 aliphatic heterocycles. The van der Waals surface area contributed by atoms with Gasteiger partial charge in [-0.2, -0.15) is 0 Å². The molecule has 2 aromatic carbocycles. The Morgan fingerprint density at radius 2 is 1.69 bits per heavy atom. The standard InChI is InChI=1S/C22H28FN3O5S/c1-16(2)15-31-22(28)25-19-7-4-6-18(14-19)24-21(27)8-5-13-26(3)32(29,30)20-11-9-17(23)10-12-20/h4,6-7,9-12,14,16H,5,8,13,15H2,1-3H3,(H,24,27)(H,25,28). The maximum Gasteiger partial charge on any atom is 0.411 e. The molecule has 0 aromatic heterocycles. The van der Waals surface area contributed by atoms with Crippen molar-refractivity contribution in [2.75, 3.05) is 30.8 Å². The molecule has 32 heavy (non-hydrogen) atoms. The number of carbonyl (C=O) groups excluding carboxylic acids is 2. The zero-order valence-electron chi connectivity index (χ0n) is 18.3. The second-order valence-electron chi connectivity index (χ2n) is 7.63. The van der Waals surface area contributed by atoms with Crippen LogP contribution in [-0.4, -0.2) is 44.9 Å². The molecule has 0 saturated carbocycles. The van der Waals surface area contributed by atoms with Crippen LogP contribution in [0.3, 0.4) is 0 Å². The number of benzene rings is 2. The van der Waals surface area contributed by atoms with Gasteiger partial charge in [0, 0.05) is 31.4 Å². The molecule has 2 aromatic rings. The summed E-state index contributed by atoms with van der Waals surface area (Å²) < 4.78 is 44.2. The van der Waals surface area contributed by atoms with Gasteiger partial charge in [-0.25, -0.2) is 21.9 Å². The highest BCUT2D eigenvalue weighted by molar-refractivity contribution is 7.89. The Labute approximate surface area is 187 Å². The third-order valence-electron chi connectivity index (χ3n) is 4.34. The third-order valence-corrected chi connectivity index (χ3v) is 6.21. The molecular weight excluding hydrogens is 437 g/mol. The number of rotatable bonds is 10. The van der Waals surface area contributed by atoms with Crippen molar-refractivity contribution in [1.82, 2.24) is 4.31 Å². The molecular formula is C22H28FN3O5S. The van der Waals surface area contributed by atoms with Crippen LogP contribution in [0.15, 0.2) is 53.4 Å². The highest BCUT2D eigenvalue weighted by atomic mass is 32.2. The molecule has 2 N–H and O–H groups in total. The van der Waals surface area contributed by atoms with Crippen molar-refractivity contribution >= 4 is 33.4 Å². The van der Waals surface area contributed by atoms with E-state index in [-0.39, 0.29) is 29.7 Å². The van der Waals surface area contributed by atoms with E-state index in [2.05, 4.69) is 10.6 Å². The first kappa shape index (κ1) is 25.3. The van der Waals surface area contributed by atoms with Gasteiger partial charge in [0.05, 0.1) is 11.5 Å². The van der Waals surface area contributed by atoms with Crippen LogP contribution in [0.1, 0.15) is 26.7 Å². The first-order chi connectivity index (χ1) is 15.1. The van der Waals surface area contributed by atoms with Crippen molar-refractivity contribution in [3.8, 4) is 0 Å². The van der Waals surface area contributed by atoms with E-state index in [1.54, 1.807) is 24.3 Å². The lowest BCUT2D eigenvalue weighted by molar-refractivity contribution is -0.116. The van der Waals surface area contributed by atoms with E-state index in [0.29, 0.717) is 24.4 Å². The van der Waals surface area contributed by atoms with Crippen LogP contribution >= 0.6 is 0 Å². The van der Waals surface area contributed by atoms with Gasteiger partial charge in [0.15, 0.2) is 0 Å². The molecule has 0 unspecified atom stereocenters. The van der Waals surface area contributed by atoms with Crippen LogP contribution in [-0.2, 0) is 19.6 Å². The molecule has 0 aliphatic carbocycles. The zero-order valence-corrected chi connectivity index (χ0v) is 19.1. The number of nitrogens with zero attached hydrogens (tertiary/aromatic N) is 1. The van der Waals surface area contributed by atoms with Crippen LogP contribution in [0.2, 0.25) is 0 Å². The molecule has 8 nitrogen and oxygen atoms in total. The maximum atomic E-state index is 13.0. The largest absolute Gasteiger partial charge is 0.449 e. The molecule has 0 atom stereocenters. The molecule has 0 bridgehead atoms. The second kappa shape index (κ2) is 11.6. The van der Waals surface area contributed by atoms with Gasteiger partial charge in [-0.05, 0) is 54.8 Å². The third kappa shape index (κ3) is 7.93. The topological polar surface area (TPSA) is 105 Å². The summed E-state index contributed by atoms with van der Waals surface area (Å²) in [6.45, 7) is 4.28. The van der Waals surface area contributed by atoms with E-state index in [1.807, 2.05) is 13.8 Å². The van der Waals surface area contributed by atoms with Gasteiger partial charge in [0.25, 0.3) is 0 Å². The van der Waals surface area contributed by atoms with Gasteiger partial charge in [-0.3, -0.25) is 10.1 Å². The van der Waals surface area contributed by atoms with Crippen molar-refractivity contribution in [1.29, 1.82) is 0 Å². The summed E-state index contributed by atoms with van der Waals surface area (Å²) in [4.78, 5) is 24.0. The summed E-state index contributed by atoms with van der Waals surface area (Å²) in [5.41, 5.74) is 0.964. The summed E-state index contributed by atoms with van der Waals surface area (Å²) in [6.07, 6.45) is -0.188. The van der Waals surface area contributed by atoms with E-state index in [4.69, 9.17) is 4.74 Å². The summed E-state index contributed by atoms with van der Waals surface area (Å²) in [5, 5.41) is 5.31. The molecule has 0 radical (unpaired) electrons. The van der Waals surface area contributed by atoms with E-state index in [0.717, 1.165) is 16.4 Å². The Balaban J connectivity index is 1.83. The molecule has 0 fully saturated rings. The number of anilines is 2. The molecule has 2 amide bonds. The predicted octanol–water partition coefficient (Wildman–Crippen LogP) is 4.07. The van der Waals surface area contributed by atoms with Gasteiger partial charge in [0.2, 0.25) is 15.9 Å². The van der Waals surface area contributed by atoms with E-state index in [9.17, 15) is 22.4 Å². The van der Waals surface area contributed by atoms with Crippen molar-refractivity contribution in [2.45, 2.75) is 31.6 Å². The van der Waals surface area contributed by atoms with Crippen LogP contribution in [0.5, 0.6) is 0 Å². The number of hydrogen-bond acceptors (Lipinski definition) is 5. The number of amides is 2. The lowest BCUT2D eigenvalue weighted by Gasteiger charge is -2.17. The minimum atomic E-state index is -3.76. The van der Waals surface area contributed by atoms with Crippen molar-refractivity contribution < 1.29 is 27.1 Å². The van der Waals surface area contributed by atoms with Gasteiger partial charge in [-0.15, -0.1) is 0 Å². The summed E-state index contributed by atoms with van der Waals surface area (Å²) in [7, 11) is -2.35. The van der Waals surface area contributed by atoms with Gasteiger partial charge >= 0.3 is 6.09 Å². The number of nitrogens with one attached hydrogen (secondary N) is 2. The predicted molar refractivity (Wildman–Crippen MR) is 120 cm³/mol. The number of carbonyl (C=O) groups is 2. The van der Waals surface area contributed by atoms with Gasteiger partial charge in [-0.1, -0.05) is 19.9 Å². The van der Waals surface area contributed by atoms with Crippen LogP contribution in [0.25, 0.3) is 0 Å². The second-order valence-corrected chi connectivity index (χ2v) is 9.68. The monoisotopic (exact) mass is 465 g/mol. The number of ether oxygens (including phenoxy) is 1. The summed E-state index contributed by atoms with van der Waals surface area (Å²) in [5.74, 6) is -0.594. The lowest BCUT2D eigenvalue weighted by atomic mass is 10.2. The Hall–Kier alpha value is -2.98. The first-order valence-corrected chi connectivity index (χ1v) is 11.6. The van der Waals surface area contributed by atoms with Gasteiger partial charge < -0.3 is 10.1 Å². The van der Waals surface area contributed by atoms with E-state index >= 15 is 0 Å². The molecule has 0 aliphatic rings. The average Bonchev–Trinajstić information content (AvgIpc) is 2.72. The molecule has 0 saturated heterocycles. The Morgan fingerprint density at radius 1 is 1.06 bits per heavy atom. The minimum absolute atomic E-state index is 0.0120. The minimum Gasteiger partial charge on any atom is -0.449 e. The lowest BCUT2D eigenvalue weighted by Crippen LogP contribution is -2.28. The fraction of sp³-hybridized carbons (Fsp3) is 0.364. The summed E-state index contributed by atoms with van der Waals surface area (Å²) >= 11 is 0. The van der Waals surface area contributed by atoms with Crippen molar-refractivity contribution in [3.05, 3.63) is 54.3 Å². The molecule has 174 valence electrons. The normalized spacial score (nSPS) is 11.4. The SMILES string of the molecule is CC(C)COC(=O)Nc1cccc(NC(=O)CCCN(C)S(=O)(=O)c2ccc(F)cc2)c1. The molecule has 0 spiro atoms. The first-order valence-electron chi connectivity index (χ1n) is 10.1. The maximum absolute atomic E-state index is 13.0. The fourth-order valence-electron chi connectivity index (χ4n) is 2.66. The molecule has 2 rings (SSSR count). The zero-order chi connectivity index (χ0) is 23.7. The molecule has 10 heteroatoms. The quantitative estimate of drug-likeness (QED) is 0.550. The number of hydrogen-bond donors (Lipinski definition) is 2. The van der Waals surface area contributed by atoms with E-state index in [1.165, 1.54) is 19.2 Å². The molecule has 0 heterocycles. The van der Waals surface area contributed by atoms with Crippen LogP contribution in [0.4, 0.5) is 20.6 Å². The highest BCUT2D eigenvalue weighted by Crippen LogP contribution is 2.17. The highest BCUT2D eigenvalue weighted by Gasteiger charge is 2.20. The summed E-state index contributed by atoms with van der Waals surface area (Å²) in [6, 6.07) is 11.2. The Kier molecular flexibility index (Phi) is 9.15. The van der Waals surface area contributed by atoms with Crippen LogP contribution < -0.4 is 10.6 Å². The smallest absolute Gasteiger partial charge is 0.411 e. The van der Waals surface area contributed by atoms with E-state index < -0.39 is 21.9 Å². The number of halogens is 1. The average molecular weight is 466 g/mol. The Bertz CT molecular complexity index is 1030. The number of sulfonamides is 1. The fourth-order valence-corrected chi connectivity index (χ4v) is 3.87. The van der Waals surface area contributed by atoms with Crippen molar-refractivity contribution in [3.63, 3.8) is 0 Å². The Morgan fingerprint density at radius 3 is 2.31 bits per heavy atom. The van der Waals surface area contributed by atoms with Crippen LogP contribution in [0, 0.1) is 11.7 Å². The van der Waals surface area contributed by atoms with Gasteiger partial charge in [0.1, 0.15) is 5.82 Å².